The first-order valence-corrected chi connectivity index (χ1v) is 8.46. The van der Waals surface area contributed by atoms with Crippen LogP contribution in [-0.4, -0.2) is 18.2 Å². The Morgan fingerprint density at radius 1 is 0.852 bits per heavy atom. The third-order valence-electron chi connectivity index (χ3n) is 3.93. The molecule has 3 aromatic rings. The lowest BCUT2D eigenvalue weighted by atomic mass is 10.1. The largest absolute Gasteiger partial charge is 0.507 e. The summed E-state index contributed by atoms with van der Waals surface area (Å²) in [6, 6.07) is 22.1. The summed E-state index contributed by atoms with van der Waals surface area (Å²) in [7, 11) is 1.25. The van der Waals surface area contributed by atoms with Crippen molar-refractivity contribution in [3.05, 3.63) is 89.5 Å². The standard InChI is InChI=1S/C22H20O5/c1-25-22(24)21-19(23)12-18(26-14-16-8-4-2-5-9-16)13-20(21)27-15-17-10-6-3-7-11-17/h2-13,23H,14-15H2,1H3. The molecular formula is C22H20O5. The first-order chi connectivity index (χ1) is 13.2. The van der Waals surface area contributed by atoms with E-state index in [-0.39, 0.29) is 23.7 Å². The molecule has 0 aromatic heterocycles. The van der Waals surface area contributed by atoms with Crippen molar-refractivity contribution in [2.75, 3.05) is 7.11 Å². The molecule has 0 amide bonds. The van der Waals surface area contributed by atoms with Crippen LogP contribution in [0.4, 0.5) is 0 Å². The average molecular weight is 364 g/mol. The fourth-order valence-electron chi connectivity index (χ4n) is 2.56. The zero-order valence-corrected chi connectivity index (χ0v) is 14.9. The number of hydrogen-bond acceptors (Lipinski definition) is 5. The number of ether oxygens (including phenoxy) is 3. The quantitative estimate of drug-likeness (QED) is 0.632. The van der Waals surface area contributed by atoms with Crippen molar-refractivity contribution in [1.82, 2.24) is 0 Å². The highest BCUT2D eigenvalue weighted by Gasteiger charge is 2.20. The minimum absolute atomic E-state index is 0.0273. The number of benzene rings is 3. The van der Waals surface area contributed by atoms with Gasteiger partial charge in [-0.15, -0.1) is 0 Å². The highest BCUT2D eigenvalue weighted by molar-refractivity contribution is 5.95. The molecule has 0 radical (unpaired) electrons. The monoisotopic (exact) mass is 364 g/mol. The molecular weight excluding hydrogens is 344 g/mol. The molecule has 0 aliphatic carbocycles. The van der Waals surface area contributed by atoms with Crippen molar-refractivity contribution in [3.63, 3.8) is 0 Å². The Labute approximate surface area is 157 Å². The molecule has 138 valence electrons. The van der Waals surface area contributed by atoms with E-state index in [0.29, 0.717) is 12.4 Å². The Morgan fingerprint density at radius 2 is 1.41 bits per heavy atom. The van der Waals surface area contributed by atoms with Gasteiger partial charge >= 0.3 is 5.97 Å². The number of rotatable bonds is 7. The first kappa shape index (κ1) is 18.3. The number of esters is 1. The van der Waals surface area contributed by atoms with Crippen molar-refractivity contribution >= 4 is 5.97 Å². The normalized spacial score (nSPS) is 10.3. The zero-order valence-electron chi connectivity index (χ0n) is 14.9. The van der Waals surface area contributed by atoms with Crippen LogP contribution in [0.25, 0.3) is 0 Å². The summed E-state index contributed by atoms with van der Waals surface area (Å²) in [5.74, 6) is -0.332. The number of hydrogen-bond donors (Lipinski definition) is 1. The summed E-state index contributed by atoms with van der Waals surface area (Å²) in [6.07, 6.45) is 0. The van der Waals surface area contributed by atoms with Gasteiger partial charge < -0.3 is 19.3 Å². The lowest BCUT2D eigenvalue weighted by Crippen LogP contribution is -2.07. The molecule has 5 heteroatoms. The van der Waals surface area contributed by atoms with Gasteiger partial charge in [0.25, 0.3) is 0 Å². The third-order valence-corrected chi connectivity index (χ3v) is 3.93. The van der Waals surface area contributed by atoms with Crippen LogP contribution in [0.2, 0.25) is 0 Å². The summed E-state index contributed by atoms with van der Waals surface area (Å²) in [5.41, 5.74) is 1.89. The van der Waals surface area contributed by atoms with Crippen molar-refractivity contribution < 1.29 is 24.1 Å². The molecule has 0 saturated heterocycles. The van der Waals surface area contributed by atoms with Gasteiger partial charge in [-0.25, -0.2) is 4.79 Å². The molecule has 5 nitrogen and oxygen atoms in total. The third kappa shape index (κ3) is 4.79. The zero-order chi connectivity index (χ0) is 19.1. The van der Waals surface area contributed by atoms with Crippen LogP contribution in [0.1, 0.15) is 21.5 Å². The average Bonchev–Trinajstić information content (AvgIpc) is 2.71. The van der Waals surface area contributed by atoms with Crippen LogP contribution in [0.5, 0.6) is 17.2 Å². The van der Waals surface area contributed by atoms with Gasteiger partial charge in [0.2, 0.25) is 0 Å². The summed E-state index contributed by atoms with van der Waals surface area (Å²) >= 11 is 0. The van der Waals surface area contributed by atoms with Gasteiger partial charge in [-0.1, -0.05) is 60.7 Å². The van der Waals surface area contributed by atoms with Gasteiger partial charge in [0.1, 0.15) is 36.0 Å². The smallest absolute Gasteiger partial charge is 0.345 e. The number of phenols is 1. The molecule has 0 aliphatic heterocycles. The Hall–Kier alpha value is -3.47. The van der Waals surface area contributed by atoms with E-state index in [4.69, 9.17) is 14.2 Å². The number of methoxy groups -OCH3 is 1. The Morgan fingerprint density at radius 3 is 1.96 bits per heavy atom. The minimum atomic E-state index is -0.676. The van der Waals surface area contributed by atoms with E-state index < -0.39 is 5.97 Å². The number of carbonyl (C=O) groups excluding carboxylic acids is 1. The predicted octanol–water partition coefficient (Wildman–Crippen LogP) is 4.34. The van der Waals surface area contributed by atoms with E-state index in [1.165, 1.54) is 13.2 Å². The summed E-state index contributed by atoms with van der Waals surface area (Å²) in [4.78, 5) is 12.1. The van der Waals surface area contributed by atoms with Gasteiger partial charge in [0, 0.05) is 12.1 Å². The van der Waals surface area contributed by atoms with Crippen LogP contribution in [0.15, 0.2) is 72.8 Å². The van der Waals surface area contributed by atoms with Gasteiger partial charge in [-0.05, 0) is 11.1 Å². The molecule has 0 bridgehead atoms. The van der Waals surface area contributed by atoms with Crippen LogP contribution in [0.3, 0.4) is 0 Å². The number of carbonyl (C=O) groups is 1. The highest BCUT2D eigenvalue weighted by Crippen LogP contribution is 2.35. The Kier molecular flexibility index (Phi) is 5.94. The molecule has 0 aliphatic rings. The van der Waals surface area contributed by atoms with E-state index in [1.807, 2.05) is 60.7 Å². The number of aromatic hydroxyl groups is 1. The van der Waals surface area contributed by atoms with Crippen LogP contribution >= 0.6 is 0 Å². The minimum Gasteiger partial charge on any atom is -0.507 e. The summed E-state index contributed by atoms with van der Waals surface area (Å²) in [5, 5.41) is 10.3. The maximum atomic E-state index is 12.1. The van der Waals surface area contributed by atoms with E-state index in [1.54, 1.807) is 6.07 Å². The summed E-state index contributed by atoms with van der Waals surface area (Å²) in [6.45, 7) is 0.572. The highest BCUT2D eigenvalue weighted by atomic mass is 16.5. The van der Waals surface area contributed by atoms with Crippen molar-refractivity contribution in [1.29, 1.82) is 0 Å². The molecule has 27 heavy (non-hydrogen) atoms. The van der Waals surface area contributed by atoms with Crippen LogP contribution in [-0.2, 0) is 18.0 Å². The fourth-order valence-corrected chi connectivity index (χ4v) is 2.56. The predicted molar refractivity (Wildman–Crippen MR) is 101 cm³/mol. The van der Waals surface area contributed by atoms with Gasteiger partial charge in [0.05, 0.1) is 7.11 Å². The van der Waals surface area contributed by atoms with Crippen LogP contribution < -0.4 is 9.47 Å². The molecule has 0 spiro atoms. The number of phenolic OH excluding ortho intramolecular Hbond substituents is 1. The lowest BCUT2D eigenvalue weighted by molar-refractivity contribution is 0.0592. The van der Waals surface area contributed by atoms with E-state index in [0.717, 1.165) is 11.1 Å². The molecule has 0 saturated carbocycles. The Balaban J connectivity index is 1.83. The fraction of sp³-hybridized carbons (Fsp3) is 0.136. The van der Waals surface area contributed by atoms with E-state index in [2.05, 4.69) is 0 Å². The lowest BCUT2D eigenvalue weighted by Gasteiger charge is -2.14. The maximum Gasteiger partial charge on any atom is 0.345 e. The van der Waals surface area contributed by atoms with Gasteiger partial charge in [-0.2, -0.15) is 0 Å². The van der Waals surface area contributed by atoms with E-state index >= 15 is 0 Å². The first-order valence-electron chi connectivity index (χ1n) is 8.46. The Bertz CT molecular complexity index is 891. The SMILES string of the molecule is COC(=O)c1c(O)cc(OCc2ccccc2)cc1OCc1ccccc1. The second kappa shape index (κ2) is 8.76. The van der Waals surface area contributed by atoms with Gasteiger partial charge in [-0.3, -0.25) is 0 Å². The maximum absolute atomic E-state index is 12.1. The van der Waals surface area contributed by atoms with Gasteiger partial charge in [0.15, 0.2) is 0 Å². The van der Waals surface area contributed by atoms with Crippen molar-refractivity contribution in [3.8, 4) is 17.2 Å². The van der Waals surface area contributed by atoms with Crippen molar-refractivity contribution in [2.45, 2.75) is 13.2 Å². The van der Waals surface area contributed by atoms with Crippen LogP contribution in [0, 0.1) is 0 Å². The molecule has 0 unspecified atom stereocenters. The van der Waals surface area contributed by atoms with E-state index in [9.17, 15) is 9.90 Å². The molecule has 0 atom stereocenters. The molecule has 0 heterocycles. The second-order valence-corrected chi connectivity index (χ2v) is 5.86. The van der Waals surface area contributed by atoms with Crippen molar-refractivity contribution in [2.24, 2.45) is 0 Å². The molecule has 0 fully saturated rings. The molecule has 3 aromatic carbocycles. The molecule has 1 N–H and O–H groups in total. The topological polar surface area (TPSA) is 65.0 Å². The summed E-state index contributed by atoms with van der Waals surface area (Å²) < 4.78 is 16.3. The second-order valence-electron chi connectivity index (χ2n) is 5.86. The molecule has 3 rings (SSSR count).